The van der Waals surface area contributed by atoms with Crippen LogP contribution in [0.5, 0.6) is 0 Å². The van der Waals surface area contributed by atoms with Gasteiger partial charge in [-0.25, -0.2) is 4.57 Å². The van der Waals surface area contributed by atoms with Crippen LogP contribution in [-0.2, 0) is 32.7 Å². The standard InChI is InChI=1S/C43H77O11P/c1-4-6-7-8-9-12-16-20-25-30-39(45)31-26-21-18-23-27-32-42(47)51-36-41(37-53-55(49,50)52-35-40(46)34-44)54-43(48)33-28-22-17-14-11-10-13-15-19-24-29-38(3)5-2/h9,12,18,20-21,25-26,31,38-41,44-46H,4-8,10-11,13-17,19,22-24,27-30,32-37H2,1-3H3,(H,49,50)/b12-9-,21-18+,25-20-,31-26-/t38?,39?,40-,41+/m0/s1. The van der Waals surface area contributed by atoms with Crippen LogP contribution in [0.15, 0.2) is 48.6 Å². The van der Waals surface area contributed by atoms with Gasteiger partial charge >= 0.3 is 19.8 Å². The van der Waals surface area contributed by atoms with E-state index in [0.717, 1.165) is 38.0 Å². The lowest BCUT2D eigenvalue weighted by Crippen LogP contribution is -2.29. The van der Waals surface area contributed by atoms with Gasteiger partial charge in [-0.05, 0) is 50.9 Å². The van der Waals surface area contributed by atoms with Gasteiger partial charge in [-0.3, -0.25) is 18.6 Å². The average Bonchev–Trinajstić information content (AvgIpc) is 3.17. The third kappa shape index (κ3) is 37.2. The lowest BCUT2D eigenvalue weighted by molar-refractivity contribution is -0.161. The smallest absolute Gasteiger partial charge is 0.462 e. The van der Waals surface area contributed by atoms with Gasteiger partial charge in [-0.2, -0.15) is 0 Å². The maximum atomic E-state index is 12.6. The number of aliphatic hydroxyl groups is 3. The van der Waals surface area contributed by atoms with E-state index >= 15 is 0 Å². The summed E-state index contributed by atoms with van der Waals surface area (Å²) in [6, 6.07) is 0. The molecule has 0 saturated carbocycles. The van der Waals surface area contributed by atoms with Crippen molar-refractivity contribution in [1.29, 1.82) is 0 Å². The molecule has 11 nitrogen and oxygen atoms in total. The van der Waals surface area contributed by atoms with Crippen molar-refractivity contribution in [3.63, 3.8) is 0 Å². The molecule has 5 atom stereocenters. The Bertz CT molecular complexity index is 1090. The van der Waals surface area contributed by atoms with Crippen molar-refractivity contribution in [2.45, 2.75) is 180 Å². The largest absolute Gasteiger partial charge is 0.472 e. The van der Waals surface area contributed by atoms with Crippen LogP contribution in [0.25, 0.3) is 0 Å². The van der Waals surface area contributed by atoms with Crippen LogP contribution in [-0.4, -0.2) is 76.9 Å². The molecule has 0 amide bonds. The van der Waals surface area contributed by atoms with Crippen LogP contribution in [0.3, 0.4) is 0 Å². The lowest BCUT2D eigenvalue weighted by Gasteiger charge is -2.20. The number of carbonyl (C=O) groups is 2. The molecule has 0 bridgehead atoms. The van der Waals surface area contributed by atoms with Crippen molar-refractivity contribution in [2.75, 3.05) is 26.4 Å². The summed E-state index contributed by atoms with van der Waals surface area (Å²) in [5.74, 6) is -0.229. The molecule has 0 aromatic carbocycles. The highest BCUT2D eigenvalue weighted by atomic mass is 31.2. The highest BCUT2D eigenvalue weighted by Gasteiger charge is 2.27. The number of unbranched alkanes of at least 4 members (excludes halogenated alkanes) is 13. The van der Waals surface area contributed by atoms with Crippen molar-refractivity contribution in [3.8, 4) is 0 Å². The van der Waals surface area contributed by atoms with Gasteiger partial charge in [0, 0.05) is 12.8 Å². The van der Waals surface area contributed by atoms with E-state index in [0.29, 0.717) is 25.7 Å². The second-order valence-electron chi connectivity index (χ2n) is 14.5. The molecule has 0 aliphatic carbocycles. The van der Waals surface area contributed by atoms with Gasteiger partial charge in [0.1, 0.15) is 12.7 Å². The third-order valence-electron chi connectivity index (χ3n) is 9.11. The summed E-state index contributed by atoms with van der Waals surface area (Å²) in [5, 5.41) is 28.4. The first-order valence-electron chi connectivity index (χ1n) is 21.1. The summed E-state index contributed by atoms with van der Waals surface area (Å²) >= 11 is 0. The number of rotatable bonds is 38. The monoisotopic (exact) mass is 801 g/mol. The molecular weight excluding hydrogens is 723 g/mol. The topological polar surface area (TPSA) is 169 Å². The molecule has 0 aromatic heterocycles. The van der Waals surface area contributed by atoms with E-state index in [1.54, 1.807) is 12.2 Å². The van der Waals surface area contributed by atoms with Gasteiger partial charge in [0.15, 0.2) is 6.10 Å². The maximum Gasteiger partial charge on any atom is 0.472 e. The number of carbonyl (C=O) groups excluding carboxylic acids is 2. The van der Waals surface area contributed by atoms with Crippen LogP contribution in [0.2, 0.25) is 0 Å². The predicted molar refractivity (Wildman–Crippen MR) is 220 cm³/mol. The molecule has 0 fully saturated rings. The number of phosphoric ester groups is 1. The molecule has 3 unspecified atom stereocenters. The van der Waals surface area contributed by atoms with Crippen molar-refractivity contribution in [1.82, 2.24) is 0 Å². The number of ether oxygens (including phenoxy) is 2. The minimum absolute atomic E-state index is 0.106. The Morgan fingerprint density at radius 3 is 1.98 bits per heavy atom. The van der Waals surface area contributed by atoms with E-state index in [1.165, 1.54) is 70.6 Å². The normalized spacial score (nSPS) is 15.5. The summed E-state index contributed by atoms with van der Waals surface area (Å²) in [7, 11) is -4.65. The SMILES string of the molecule is CCCCC/C=C\C/C=C\CC(O)/C=C\C=C\CCCC(=O)OC[C@H](COP(=O)(O)OC[C@@H](O)CO)OC(=O)CCCCCCCCCCCCC(C)CC. The molecule has 320 valence electrons. The molecule has 0 rings (SSSR count). The molecular formula is C43H77O11P. The maximum absolute atomic E-state index is 12.6. The zero-order valence-electron chi connectivity index (χ0n) is 34.4. The summed E-state index contributed by atoms with van der Waals surface area (Å²) in [6.07, 6.45) is 33.9. The number of hydrogen-bond acceptors (Lipinski definition) is 10. The average molecular weight is 801 g/mol. The molecule has 0 radical (unpaired) electrons. The van der Waals surface area contributed by atoms with E-state index in [2.05, 4.69) is 43.5 Å². The first-order valence-corrected chi connectivity index (χ1v) is 22.6. The number of hydrogen-bond donors (Lipinski definition) is 4. The Morgan fingerprint density at radius 1 is 0.691 bits per heavy atom. The first kappa shape index (κ1) is 52.9. The molecule has 12 heteroatoms. The number of phosphoric acid groups is 1. The zero-order valence-corrected chi connectivity index (χ0v) is 35.3. The van der Waals surface area contributed by atoms with Crippen molar-refractivity contribution in [3.05, 3.63) is 48.6 Å². The summed E-state index contributed by atoms with van der Waals surface area (Å²) < 4.78 is 32.6. The fourth-order valence-electron chi connectivity index (χ4n) is 5.39. The fourth-order valence-corrected chi connectivity index (χ4v) is 6.18. The fraction of sp³-hybridized carbons (Fsp3) is 0.767. The van der Waals surface area contributed by atoms with E-state index in [9.17, 15) is 29.3 Å². The summed E-state index contributed by atoms with van der Waals surface area (Å²) in [4.78, 5) is 34.9. The van der Waals surface area contributed by atoms with E-state index in [-0.39, 0.29) is 19.4 Å². The van der Waals surface area contributed by atoms with Gasteiger partial charge in [-0.15, -0.1) is 0 Å². The van der Waals surface area contributed by atoms with Gasteiger partial charge in [0.25, 0.3) is 0 Å². The van der Waals surface area contributed by atoms with E-state index < -0.39 is 57.9 Å². The zero-order chi connectivity index (χ0) is 40.8. The second-order valence-corrected chi connectivity index (χ2v) is 15.9. The van der Waals surface area contributed by atoms with E-state index in [4.69, 9.17) is 19.1 Å². The van der Waals surface area contributed by atoms with Crippen LogP contribution in [0, 0.1) is 5.92 Å². The Labute approximate surface area is 333 Å². The Morgan fingerprint density at radius 2 is 1.31 bits per heavy atom. The van der Waals surface area contributed by atoms with Crippen LogP contribution in [0.4, 0.5) is 0 Å². The number of allylic oxidation sites excluding steroid dienone is 6. The molecule has 0 aromatic rings. The van der Waals surface area contributed by atoms with Crippen LogP contribution >= 0.6 is 7.82 Å². The van der Waals surface area contributed by atoms with Crippen LogP contribution in [0.1, 0.15) is 162 Å². The molecule has 0 heterocycles. The summed E-state index contributed by atoms with van der Waals surface area (Å²) in [5.41, 5.74) is 0. The lowest BCUT2D eigenvalue weighted by atomic mass is 9.99. The molecule has 55 heavy (non-hydrogen) atoms. The molecule has 4 N–H and O–H groups in total. The van der Waals surface area contributed by atoms with Crippen molar-refractivity contribution >= 4 is 19.8 Å². The summed E-state index contributed by atoms with van der Waals surface area (Å²) in [6.45, 7) is 4.51. The second kappa shape index (κ2) is 37.5. The quantitative estimate of drug-likeness (QED) is 0.0154. The van der Waals surface area contributed by atoms with Gasteiger partial charge in [0.2, 0.25) is 0 Å². The molecule has 0 aliphatic rings. The Hall–Kier alpha value is -2.11. The highest BCUT2D eigenvalue weighted by Crippen LogP contribution is 2.43. The van der Waals surface area contributed by atoms with E-state index in [1.807, 2.05) is 18.2 Å². The third-order valence-corrected chi connectivity index (χ3v) is 10.1. The van der Waals surface area contributed by atoms with Gasteiger partial charge < -0.3 is 29.7 Å². The predicted octanol–water partition coefficient (Wildman–Crippen LogP) is 9.77. The number of aliphatic hydroxyl groups excluding tert-OH is 3. The van der Waals surface area contributed by atoms with Gasteiger partial charge in [0.05, 0.1) is 25.9 Å². The molecule has 0 aliphatic heterocycles. The van der Waals surface area contributed by atoms with Crippen LogP contribution < -0.4 is 0 Å². The van der Waals surface area contributed by atoms with Crippen molar-refractivity contribution < 1.29 is 52.9 Å². The minimum atomic E-state index is -4.65. The highest BCUT2D eigenvalue weighted by molar-refractivity contribution is 7.47. The molecule has 0 saturated heterocycles. The first-order chi connectivity index (χ1) is 26.5. The Balaban J connectivity index is 4.51. The number of esters is 2. The Kier molecular flexibility index (Phi) is 36.0. The minimum Gasteiger partial charge on any atom is -0.462 e. The van der Waals surface area contributed by atoms with Crippen molar-refractivity contribution in [2.24, 2.45) is 5.92 Å². The van der Waals surface area contributed by atoms with Gasteiger partial charge in [-0.1, -0.05) is 153 Å². The molecule has 0 spiro atoms.